The van der Waals surface area contributed by atoms with Gasteiger partial charge >= 0.3 is 0 Å². The second-order valence-electron chi connectivity index (χ2n) is 3.66. The Bertz CT molecular complexity index is 606. The van der Waals surface area contributed by atoms with Crippen LogP contribution in [0.4, 0.5) is 0 Å². The van der Waals surface area contributed by atoms with Crippen molar-refractivity contribution in [3.8, 4) is 0 Å². The molecule has 0 saturated carbocycles. The molecule has 0 bridgehead atoms. The predicted octanol–water partition coefficient (Wildman–Crippen LogP) is 4.22. The number of halogens is 2. The molecule has 2 aromatic rings. The van der Waals surface area contributed by atoms with Gasteiger partial charge in [-0.1, -0.05) is 46.3 Å². The van der Waals surface area contributed by atoms with E-state index in [9.17, 15) is 9.59 Å². The van der Waals surface area contributed by atoms with Crippen LogP contribution in [0, 0.1) is 0 Å². The second kappa shape index (κ2) is 5.59. The van der Waals surface area contributed by atoms with Crippen LogP contribution in [0.3, 0.4) is 0 Å². The number of carbonyl (C=O) groups excluding carboxylic acids is 2. The van der Waals surface area contributed by atoms with Gasteiger partial charge in [-0.15, -0.1) is 0 Å². The molecule has 0 unspecified atom stereocenters. The Morgan fingerprint density at radius 1 is 0.889 bits per heavy atom. The summed E-state index contributed by atoms with van der Waals surface area (Å²) in [6, 6.07) is 13.9. The molecule has 0 heterocycles. The molecule has 4 heteroatoms. The van der Waals surface area contributed by atoms with Crippen LogP contribution < -0.4 is 0 Å². The minimum atomic E-state index is -0.303. The molecule has 2 nitrogen and oxygen atoms in total. The van der Waals surface area contributed by atoms with E-state index >= 15 is 0 Å². The van der Waals surface area contributed by atoms with Crippen molar-refractivity contribution in [1.82, 2.24) is 0 Å². The summed E-state index contributed by atoms with van der Waals surface area (Å²) >= 11 is 6.18. The average Bonchev–Trinajstić information content (AvgIpc) is 2.39. The zero-order chi connectivity index (χ0) is 13.1. The van der Waals surface area contributed by atoms with Crippen molar-refractivity contribution >= 4 is 42.3 Å². The fraction of sp³-hybridized carbons (Fsp3) is 0. The van der Waals surface area contributed by atoms with Gasteiger partial charge in [-0.05, 0) is 34.1 Å². The van der Waals surface area contributed by atoms with Crippen molar-refractivity contribution < 1.29 is 9.59 Å². The molecule has 0 spiro atoms. The van der Waals surface area contributed by atoms with E-state index in [0.717, 1.165) is 4.47 Å². The molecule has 0 radical (unpaired) electrons. The second-order valence-corrected chi connectivity index (χ2v) is 5.29. The van der Waals surface area contributed by atoms with Crippen LogP contribution in [0.25, 0.3) is 0 Å². The lowest BCUT2D eigenvalue weighted by Gasteiger charge is -2.06. The molecule has 0 atom stereocenters. The Morgan fingerprint density at radius 3 is 2.17 bits per heavy atom. The van der Waals surface area contributed by atoms with Crippen LogP contribution in [0.5, 0.6) is 0 Å². The van der Waals surface area contributed by atoms with Crippen LogP contribution in [0.2, 0.25) is 0 Å². The molecule has 0 aliphatic heterocycles. The maximum Gasteiger partial charge on any atom is 0.228 e. The molecule has 0 N–H and O–H groups in total. The predicted molar refractivity (Wildman–Crippen MR) is 77.3 cm³/mol. The molecule has 0 amide bonds. The largest absolute Gasteiger partial charge is 0.289 e. The van der Waals surface area contributed by atoms with Gasteiger partial charge in [-0.25, -0.2) is 0 Å². The highest BCUT2D eigenvalue weighted by Gasteiger charge is 2.16. The van der Waals surface area contributed by atoms with Crippen molar-refractivity contribution in [2.24, 2.45) is 0 Å². The highest BCUT2D eigenvalue weighted by atomic mass is 79.9. The Kier molecular flexibility index (Phi) is 4.09. The average molecular weight is 368 g/mol. The normalized spacial score (nSPS) is 10.1. The van der Waals surface area contributed by atoms with Crippen LogP contribution in [-0.4, -0.2) is 10.5 Å². The summed E-state index contributed by atoms with van der Waals surface area (Å²) in [5, 5.41) is 0. The lowest BCUT2D eigenvalue weighted by atomic mass is 9.99. The third-order valence-electron chi connectivity index (χ3n) is 2.47. The van der Waals surface area contributed by atoms with Crippen molar-refractivity contribution in [2.75, 3.05) is 0 Å². The van der Waals surface area contributed by atoms with E-state index in [1.54, 1.807) is 42.5 Å². The molecular formula is C14H8Br2O2. The summed E-state index contributed by atoms with van der Waals surface area (Å²) in [7, 11) is 0. The topological polar surface area (TPSA) is 34.1 Å². The van der Waals surface area contributed by atoms with Crippen LogP contribution in [0.15, 0.2) is 53.0 Å². The Balaban J connectivity index is 2.52. The van der Waals surface area contributed by atoms with Gasteiger partial charge in [0.1, 0.15) is 0 Å². The molecule has 0 fully saturated rings. The number of hydrogen-bond acceptors (Lipinski definition) is 2. The monoisotopic (exact) mass is 366 g/mol. The minimum absolute atomic E-state index is 0.161. The summed E-state index contributed by atoms with van der Waals surface area (Å²) in [5.41, 5.74) is 1.32. The number of hydrogen-bond donors (Lipinski definition) is 0. The highest BCUT2D eigenvalue weighted by Crippen LogP contribution is 2.21. The maximum absolute atomic E-state index is 12.3. The van der Waals surface area contributed by atoms with Crippen molar-refractivity contribution in [3.63, 3.8) is 0 Å². The summed E-state index contributed by atoms with van der Waals surface area (Å²) in [4.78, 5) is 23.8. The standard InChI is InChI=1S/C14H8Br2O2/c15-10-6-7-11(12(8-10)14(16)18)13(17)9-4-2-1-3-5-9/h1-8H. The number of carbonyl (C=O) groups is 2. The summed E-state index contributed by atoms with van der Waals surface area (Å²) in [6.45, 7) is 0. The van der Waals surface area contributed by atoms with E-state index in [1.165, 1.54) is 0 Å². The fourth-order valence-electron chi connectivity index (χ4n) is 1.62. The Labute approximate surface area is 121 Å². The highest BCUT2D eigenvalue weighted by molar-refractivity contribution is 9.18. The third-order valence-corrected chi connectivity index (χ3v) is 3.39. The minimum Gasteiger partial charge on any atom is -0.289 e. The first-order valence-corrected chi connectivity index (χ1v) is 6.77. The van der Waals surface area contributed by atoms with E-state index < -0.39 is 0 Å². The Hall–Kier alpha value is -1.26. The van der Waals surface area contributed by atoms with Crippen LogP contribution in [-0.2, 0) is 0 Å². The summed E-state index contributed by atoms with van der Waals surface area (Å²) < 4.78 is 0.456. The van der Waals surface area contributed by atoms with E-state index in [2.05, 4.69) is 31.9 Å². The van der Waals surface area contributed by atoms with Crippen molar-refractivity contribution in [1.29, 1.82) is 0 Å². The van der Waals surface area contributed by atoms with Gasteiger partial charge in [-0.2, -0.15) is 0 Å². The molecule has 2 rings (SSSR count). The first-order valence-electron chi connectivity index (χ1n) is 5.18. The third kappa shape index (κ3) is 2.76. The number of rotatable bonds is 3. The first kappa shape index (κ1) is 13.2. The maximum atomic E-state index is 12.3. The molecular weight excluding hydrogens is 360 g/mol. The van der Waals surface area contributed by atoms with Gasteiger partial charge < -0.3 is 0 Å². The van der Waals surface area contributed by atoms with Gasteiger partial charge in [0.25, 0.3) is 0 Å². The van der Waals surface area contributed by atoms with Crippen molar-refractivity contribution in [2.45, 2.75) is 0 Å². The van der Waals surface area contributed by atoms with Gasteiger partial charge in [0.15, 0.2) is 5.78 Å². The lowest BCUT2D eigenvalue weighted by Crippen LogP contribution is -2.07. The lowest BCUT2D eigenvalue weighted by molar-refractivity contribution is 0.102. The quantitative estimate of drug-likeness (QED) is 0.601. The summed E-state index contributed by atoms with van der Waals surface area (Å²) in [6.07, 6.45) is 0. The van der Waals surface area contributed by atoms with E-state index in [1.807, 2.05) is 6.07 Å². The smallest absolute Gasteiger partial charge is 0.228 e. The van der Waals surface area contributed by atoms with E-state index in [-0.39, 0.29) is 10.5 Å². The molecule has 0 aliphatic carbocycles. The molecule has 18 heavy (non-hydrogen) atoms. The Morgan fingerprint density at radius 2 is 1.56 bits per heavy atom. The van der Waals surface area contributed by atoms with Gasteiger partial charge in [0, 0.05) is 21.2 Å². The molecule has 0 aliphatic rings. The summed E-state index contributed by atoms with van der Waals surface area (Å²) in [5.74, 6) is -0.161. The van der Waals surface area contributed by atoms with Crippen LogP contribution in [0.1, 0.15) is 26.3 Å². The fourth-order valence-corrected chi connectivity index (χ4v) is 2.31. The van der Waals surface area contributed by atoms with Crippen molar-refractivity contribution in [3.05, 3.63) is 69.7 Å². The molecule has 2 aromatic carbocycles. The zero-order valence-corrected chi connectivity index (χ0v) is 12.4. The van der Waals surface area contributed by atoms with E-state index in [4.69, 9.17) is 0 Å². The first-order chi connectivity index (χ1) is 8.59. The molecule has 90 valence electrons. The van der Waals surface area contributed by atoms with Gasteiger partial charge in [-0.3, -0.25) is 9.59 Å². The number of ketones is 1. The SMILES string of the molecule is O=C(Br)c1cc(Br)ccc1C(=O)c1ccccc1. The molecule has 0 aromatic heterocycles. The van der Waals surface area contributed by atoms with E-state index in [0.29, 0.717) is 16.7 Å². The van der Waals surface area contributed by atoms with Crippen LogP contribution >= 0.6 is 31.9 Å². The van der Waals surface area contributed by atoms with Gasteiger partial charge in [0.05, 0.1) is 0 Å². The number of benzene rings is 2. The molecule has 0 saturated heterocycles. The zero-order valence-electron chi connectivity index (χ0n) is 9.19. The van der Waals surface area contributed by atoms with Gasteiger partial charge in [0.2, 0.25) is 4.69 Å².